The molecule has 3 heterocycles. The highest BCUT2D eigenvalue weighted by Crippen LogP contribution is 2.29. The Kier molecular flexibility index (Phi) is 4.94. The third-order valence-corrected chi connectivity index (χ3v) is 5.86. The molecule has 1 aliphatic carbocycles. The summed E-state index contributed by atoms with van der Waals surface area (Å²) in [5.74, 6) is 1.45. The summed E-state index contributed by atoms with van der Waals surface area (Å²) in [5, 5.41) is 18.8. The van der Waals surface area contributed by atoms with Crippen molar-refractivity contribution in [1.82, 2.24) is 24.8 Å². The predicted octanol–water partition coefficient (Wildman–Crippen LogP) is 4.74. The highest BCUT2D eigenvalue weighted by molar-refractivity contribution is 9.10. The number of hydrogen-bond acceptors (Lipinski definition) is 6. The third-order valence-electron chi connectivity index (χ3n) is 5.43. The van der Waals surface area contributed by atoms with Crippen LogP contribution in [0.25, 0.3) is 16.6 Å². The second kappa shape index (κ2) is 7.75. The van der Waals surface area contributed by atoms with E-state index in [1.165, 1.54) is 12.8 Å². The van der Waals surface area contributed by atoms with Gasteiger partial charge in [-0.05, 0) is 77.5 Å². The van der Waals surface area contributed by atoms with Crippen molar-refractivity contribution in [2.24, 2.45) is 11.1 Å². The zero-order valence-electron chi connectivity index (χ0n) is 16.8. The summed E-state index contributed by atoms with van der Waals surface area (Å²) in [6.07, 6.45) is 4.28. The van der Waals surface area contributed by atoms with Crippen molar-refractivity contribution in [3.63, 3.8) is 0 Å². The van der Waals surface area contributed by atoms with E-state index >= 15 is 0 Å². The lowest BCUT2D eigenvalue weighted by molar-refractivity contribution is 0.134. The lowest BCUT2D eigenvalue weighted by Crippen LogP contribution is -2.09. The summed E-state index contributed by atoms with van der Waals surface area (Å²) >= 11 is 3.50. The van der Waals surface area contributed by atoms with Gasteiger partial charge in [0.15, 0.2) is 11.5 Å². The van der Waals surface area contributed by atoms with Crippen LogP contribution in [0.15, 0.2) is 52.2 Å². The van der Waals surface area contributed by atoms with E-state index in [4.69, 9.17) is 9.94 Å². The summed E-state index contributed by atoms with van der Waals surface area (Å²) in [4.78, 5) is 9.91. The van der Waals surface area contributed by atoms with Crippen molar-refractivity contribution in [1.29, 1.82) is 0 Å². The molecule has 1 atom stereocenters. The topological polar surface area (TPSA) is 77.6 Å². The molecule has 30 heavy (non-hydrogen) atoms. The number of nitrogens with zero attached hydrogens (tertiary/aromatic N) is 6. The molecule has 152 valence electrons. The first-order valence-electron chi connectivity index (χ1n) is 10.0. The van der Waals surface area contributed by atoms with E-state index in [2.05, 4.69) is 61.4 Å². The quantitative estimate of drug-likeness (QED) is 0.304. The molecule has 7 nitrogen and oxygen atoms in total. The number of benzene rings is 1. The maximum absolute atomic E-state index is 5.46. The standard InChI is InChI=1S/C22H21BrN6O/c1-13(16-5-6-20-17(9-16)10-18(23)11-24-20)22-26-25-21-8-7-19(27-29(21)22)14(2)28-30-12-15-3-4-15/h5-11,13,15H,3-4,12H2,1-2H3/b28-14+. The minimum absolute atomic E-state index is 0.00879. The van der Waals surface area contributed by atoms with Gasteiger partial charge in [-0.2, -0.15) is 9.61 Å². The first-order chi connectivity index (χ1) is 14.6. The van der Waals surface area contributed by atoms with Gasteiger partial charge in [0.1, 0.15) is 18.0 Å². The van der Waals surface area contributed by atoms with Gasteiger partial charge in [0.2, 0.25) is 0 Å². The molecular weight excluding hydrogens is 444 g/mol. The number of hydrogen-bond donors (Lipinski definition) is 0. The highest BCUT2D eigenvalue weighted by Gasteiger charge is 2.22. The Morgan fingerprint density at radius 1 is 1.23 bits per heavy atom. The average molecular weight is 465 g/mol. The fourth-order valence-corrected chi connectivity index (χ4v) is 3.73. The number of pyridine rings is 1. The number of oxime groups is 1. The van der Waals surface area contributed by atoms with Gasteiger partial charge >= 0.3 is 0 Å². The van der Waals surface area contributed by atoms with Gasteiger partial charge in [-0.15, -0.1) is 10.2 Å². The second-order valence-corrected chi connectivity index (χ2v) is 8.71. The lowest BCUT2D eigenvalue weighted by atomic mass is 9.98. The fraction of sp³-hybridized carbons (Fsp3) is 0.318. The zero-order chi connectivity index (χ0) is 20.7. The van der Waals surface area contributed by atoms with Crippen LogP contribution in [-0.2, 0) is 4.84 Å². The SMILES string of the molecule is C/C(=N\OCC1CC1)c1ccc2nnc(C(C)c3ccc4ncc(Br)cc4c3)n2n1. The normalized spacial score (nSPS) is 15.6. The summed E-state index contributed by atoms with van der Waals surface area (Å²) < 4.78 is 2.75. The summed E-state index contributed by atoms with van der Waals surface area (Å²) in [5.41, 5.74) is 4.28. The number of halogens is 1. The van der Waals surface area contributed by atoms with Crippen LogP contribution >= 0.6 is 15.9 Å². The molecule has 5 rings (SSSR count). The summed E-state index contributed by atoms with van der Waals surface area (Å²) in [6, 6.07) is 12.1. The Morgan fingerprint density at radius 3 is 2.93 bits per heavy atom. The Morgan fingerprint density at radius 2 is 2.10 bits per heavy atom. The van der Waals surface area contributed by atoms with E-state index in [1.54, 1.807) is 10.7 Å². The van der Waals surface area contributed by atoms with Gasteiger partial charge < -0.3 is 4.84 Å². The summed E-state index contributed by atoms with van der Waals surface area (Å²) in [6.45, 7) is 4.70. The smallest absolute Gasteiger partial charge is 0.177 e. The van der Waals surface area contributed by atoms with E-state index in [1.807, 2.05) is 25.1 Å². The molecule has 0 N–H and O–H groups in total. The molecule has 0 aliphatic heterocycles. The monoisotopic (exact) mass is 464 g/mol. The van der Waals surface area contributed by atoms with E-state index in [9.17, 15) is 0 Å². The van der Waals surface area contributed by atoms with Crippen LogP contribution in [0.3, 0.4) is 0 Å². The molecule has 0 bridgehead atoms. The van der Waals surface area contributed by atoms with E-state index in [0.717, 1.165) is 38.2 Å². The molecule has 1 fully saturated rings. The molecule has 4 aromatic rings. The molecule has 1 aliphatic rings. The lowest BCUT2D eigenvalue weighted by Gasteiger charge is -2.11. The minimum Gasteiger partial charge on any atom is -0.395 e. The Hall–Kier alpha value is -2.87. The molecular formula is C22H21BrN6O. The van der Waals surface area contributed by atoms with Crippen LogP contribution in [-0.4, -0.2) is 37.1 Å². The van der Waals surface area contributed by atoms with Gasteiger partial charge in [0.05, 0.1) is 5.52 Å². The van der Waals surface area contributed by atoms with Gasteiger partial charge in [-0.3, -0.25) is 4.98 Å². The fourth-order valence-electron chi connectivity index (χ4n) is 3.38. The van der Waals surface area contributed by atoms with Crippen LogP contribution in [0.2, 0.25) is 0 Å². The maximum Gasteiger partial charge on any atom is 0.177 e. The number of aromatic nitrogens is 5. The molecule has 0 saturated heterocycles. The number of fused-ring (bicyclic) bond motifs is 2. The van der Waals surface area contributed by atoms with Gasteiger partial charge in [-0.1, -0.05) is 18.1 Å². The largest absolute Gasteiger partial charge is 0.395 e. The Balaban J connectivity index is 1.47. The van der Waals surface area contributed by atoms with Crippen molar-refractivity contribution in [3.8, 4) is 0 Å². The van der Waals surface area contributed by atoms with Crippen LogP contribution in [0.1, 0.15) is 49.7 Å². The molecule has 8 heteroatoms. The Bertz CT molecular complexity index is 1260. The van der Waals surface area contributed by atoms with E-state index in [0.29, 0.717) is 18.2 Å². The van der Waals surface area contributed by atoms with E-state index in [-0.39, 0.29) is 5.92 Å². The maximum atomic E-state index is 5.46. The van der Waals surface area contributed by atoms with Crippen LogP contribution in [0, 0.1) is 5.92 Å². The molecule has 1 unspecified atom stereocenters. The third kappa shape index (κ3) is 3.79. The second-order valence-electron chi connectivity index (χ2n) is 7.79. The van der Waals surface area contributed by atoms with Crippen LogP contribution < -0.4 is 0 Å². The van der Waals surface area contributed by atoms with Crippen molar-refractivity contribution >= 4 is 38.2 Å². The average Bonchev–Trinajstić information content (AvgIpc) is 3.48. The van der Waals surface area contributed by atoms with Crippen LogP contribution in [0.5, 0.6) is 0 Å². The molecule has 0 amide bonds. The van der Waals surface area contributed by atoms with Crippen LogP contribution in [0.4, 0.5) is 0 Å². The van der Waals surface area contributed by atoms with Gasteiger partial charge in [-0.25, -0.2) is 0 Å². The van der Waals surface area contributed by atoms with Gasteiger partial charge in [0.25, 0.3) is 0 Å². The number of rotatable bonds is 6. The van der Waals surface area contributed by atoms with Crippen molar-refractivity contribution in [2.75, 3.05) is 6.61 Å². The van der Waals surface area contributed by atoms with Crippen molar-refractivity contribution < 1.29 is 4.84 Å². The highest BCUT2D eigenvalue weighted by atomic mass is 79.9. The zero-order valence-corrected chi connectivity index (χ0v) is 18.4. The molecule has 1 aromatic carbocycles. The predicted molar refractivity (Wildman–Crippen MR) is 119 cm³/mol. The Labute approximate surface area is 182 Å². The van der Waals surface area contributed by atoms with Gasteiger partial charge in [0, 0.05) is 22.0 Å². The summed E-state index contributed by atoms with van der Waals surface area (Å²) in [7, 11) is 0. The molecule has 0 radical (unpaired) electrons. The molecule has 1 saturated carbocycles. The van der Waals surface area contributed by atoms with E-state index < -0.39 is 0 Å². The van der Waals surface area contributed by atoms with Crippen molar-refractivity contribution in [3.05, 3.63) is 64.1 Å². The molecule has 3 aromatic heterocycles. The first-order valence-corrected chi connectivity index (χ1v) is 10.8. The first kappa shape index (κ1) is 19.1. The minimum atomic E-state index is 0.00879. The van der Waals surface area contributed by atoms with Crippen molar-refractivity contribution in [2.45, 2.75) is 32.6 Å². The molecule has 0 spiro atoms.